The second-order valence-corrected chi connectivity index (χ2v) is 10.8. The standard InChI is InChI=1S/C23H31N5O3S/c1-27-15-19(14-25-27)28(18-7-4-10-24-13-18)32(30,31)26-23(29)12-22-20-8-2-5-16(20)11-17-6-3-9-21(17)22/h11,14-15,18,24H,2-10,12-13H2,1H3,(H,26,29). The van der Waals surface area contributed by atoms with E-state index in [2.05, 4.69) is 21.2 Å². The molecule has 32 heavy (non-hydrogen) atoms. The second kappa shape index (κ2) is 8.51. The first-order valence-corrected chi connectivity index (χ1v) is 13.1. The number of hydrogen-bond donors (Lipinski definition) is 2. The quantitative estimate of drug-likeness (QED) is 0.686. The molecule has 1 unspecified atom stereocenters. The molecule has 1 amide bonds. The molecule has 1 aromatic heterocycles. The molecule has 0 bridgehead atoms. The predicted molar refractivity (Wildman–Crippen MR) is 123 cm³/mol. The number of aromatic nitrogens is 2. The van der Waals surface area contributed by atoms with Crippen molar-refractivity contribution in [2.24, 2.45) is 7.05 Å². The molecule has 0 saturated carbocycles. The molecule has 5 rings (SSSR count). The Hall–Kier alpha value is -2.39. The summed E-state index contributed by atoms with van der Waals surface area (Å²) in [5.41, 5.74) is 6.80. The van der Waals surface area contributed by atoms with Crippen LogP contribution in [0.2, 0.25) is 0 Å². The highest BCUT2D eigenvalue weighted by molar-refractivity contribution is 7.91. The van der Waals surface area contributed by atoms with E-state index in [1.54, 1.807) is 17.9 Å². The lowest BCUT2D eigenvalue weighted by Gasteiger charge is -2.34. The lowest BCUT2D eigenvalue weighted by atomic mass is 9.92. The summed E-state index contributed by atoms with van der Waals surface area (Å²) < 4.78 is 32.2. The number of anilines is 1. The van der Waals surface area contributed by atoms with Crippen molar-refractivity contribution in [2.75, 3.05) is 17.4 Å². The van der Waals surface area contributed by atoms with Crippen LogP contribution in [0, 0.1) is 0 Å². The molecule has 1 atom stereocenters. The minimum Gasteiger partial charge on any atom is -0.315 e. The van der Waals surface area contributed by atoms with Gasteiger partial charge in [0.1, 0.15) is 0 Å². The maximum absolute atomic E-state index is 13.4. The Balaban J connectivity index is 1.41. The lowest BCUT2D eigenvalue weighted by Crippen LogP contribution is -2.53. The number of piperidine rings is 1. The van der Waals surface area contributed by atoms with Crippen LogP contribution >= 0.6 is 0 Å². The van der Waals surface area contributed by atoms with Gasteiger partial charge in [-0.15, -0.1) is 0 Å². The fraction of sp³-hybridized carbons (Fsp3) is 0.565. The van der Waals surface area contributed by atoms with Gasteiger partial charge in [-0.1, -0.05) is 6.07 Å². The molecule has 0 spiro atoms. The van der Waals surface area contributed by atoms with Crippen molar-refractivity contribution in [1.29, 1.82) is 0 Å². The number of fused-ring (bicyclic) bond motifs is 2. The van der Waals surface area contributed by atoms with Crippen LogP contribution in [-0.4, -0.2) is 43.2 Å². The third-order valence-electron chi connectivity index (χ3n) is 6.99. The first-order valence-electron chi connectivity index (χ1n) is 11.6. The molecule has 3 aliphatic rings. The van der Waals surface area contributed by atoms with E-state index in [0.717, 1.165) is 63.5 Å². The van der Waals surface area contributed by atoms with Gasteiger partial charge in [0.05, 0.1) is 24.3 Å². The zero-order chi connectivity index (χ0) is 22.3. The summed E-state index contributed by atoms with van der Waals surface area (Å²) in [6.07, 6.45) is 11.2. The van der Waals surface area contributed by atoms with Gasteiger partial charge in [0, 0.05) is 19.8 Å². The largest absolute Gasteiger partial charge is 0.326 e. The fourth-order valence-corrected chi connectivity index (χ4v) is 7.04. The van der Waals surface area contributed by atoms with Gasteiger partial charge in [-0.2, -0.15) is 13.5 Å². The van der Waals surface area contributed by atoms with E-state index in [0.29, 0.717) is 12.2 Å². The zero-order valence-corrected chi connectivity index (χ0v) is 19.4. The van der Waals surface area contributed by atoms with Gasteiger partial charge in [-0.05, 0) is 85.7 Å². The molecule has 2 N–H and O–H groups in total. The molecule has 8 nitrogen and oxygen atoms in total. The Morgan fingerprint density at radius 2 is 1.91 bits per heavy atom. The van der Waals surface area contributed by atoms with Gasteiger partial charge >= 0.3 is 10.2 Å². The Morgan fingerprint density at radius 1 is 1.19 bits per heavy atom. The Bertz CT molecular complexity index is 1100. The fourth-order valence-electron chi connectivity index (χ4n) is 5.64. The number of nitrogens with one attached hydrogen (secondary N) is 2. The van der Waals surface area contributed by atoms with Gasteiger partial charge < -0.3 is 5.32 Å². The summed E-state index contributed by atoms with van der Waals surface area (Å²) in [5.74, 6) is -0.461. The second-order valence-electron chi connectivity index (χ2n) is 9.21. The van der Waals surface area contributed by atoms with Gasteiger partial charge in [0.2, 0.25) is 5.91 Å². The van der Waals surface area contributed by atoms with Gasteiger partial charge in [0.15, 0.2) is 0 Å². The van der Waals surface area contributed by atoms with Crippen LogP contribution < -0.4 is 14.3 Å². The summed E-state index contributed by atoms with van der Waals surface area (Å²) in [7, 11) is -2.32. The molecule has 1 saturated heterocycles. The average Bonchev–Trinajstić information content (AvgIpc) is 3.49. The molecule has 1 aromatic carbocycles. The molecule has 1 fully saturated rings. The van der Waals surface area contributed by atoms with Crippen molar-refractivity contribution in [1.82, 2.24) is 19.8 Å². The first-order chi connectivity index (χ1) is 15.4. The Kier molecular flexibility index (Phi) is 5.71. The summed E-state index contributed by atoms with van der Waals surface area (Å²) >= 11 is 0. The van der Waals surface area contributed by atoms with E-state index >= 15 is 0 Å². The highest BCUT2D eigenvalue weighted by Gasteiger charge is 2.34. The lowest BCUT2D eigenvalue weighted by molar-refractivity contribution is -0.118. The van der Waals surface area contributed by atoms with E-state index in [-0.39, 0.29) is 12.5 Å². The first kappa shape index (κ1) is 21.5. The maximum atomic E-state index is 13.4. The van der Waals surface area contributed by atoms with Crippen LogP contribution in [-0.2, 0) is 54.2 Å². The van der Waals surface area contributed by atoms with Crippen molar-refractivity contribution >= 4 is 21.8 Å². The number of carbonyl (C=O) groups is 1. The van der Waals surface area contributed by atoms with Crippen LogP contribution in [0.15, 0.2) is 18.5 Å². The SMILES string of the molecule is Cn1cc(N(C2CCCNC2)S(=O)(=O)NC(=O)Cc2c3c(cc4c2CCC4)CCC3)cn1. The van der Waals surface area contributed by atoms with Crippen molar-refractivity contribution in [3.63, 3.8) is 0 Å². The Labute approximate surface area is 189 Å². The van der Waals surface area contributed by atoms with Crippen LogP contribution in [0.25, 0.3) is 0 Å². The van der Waals surface area contributed by atoms with Gasteiger partial charge in [-0.3, -0.25) is 9.48 Å². The average molecular weight is 458 g/mol. The summed E-state index contributed by atoms with van der Waals surface area (Å²) in [6.45, 7) is 1.41. The van der Waals surface area contributed by atoms with Crippen LogP contribution in [0.5, 0.6) is 0 Å². The Morgan fingerprint density at radius 3 is 2.50 bits per heavy atom. The molecular weight excluding hydrogens is 426 g/mol. The number of aryl methyl sites for hydroxylation is 3. The maximum Gasteiger partial charge on any atom is 0.326 e. The molecule has 2 aromatic rings. The van der Waals surface area contributed by atoms with E-state index < -0.39 is 16.1 Å². The third kappa shape index (κ3) is 4.03. The monoisotopic (exact) mass is 457 g/mol. The highest BCUT2D eigenvalue weighted by Crippen LogP contribution is 2.35. The summed E-state index contributed by atoms with van der Waals surface area (Å²) in [4.78, 5) is 13.1. The highest BCUT2D eigenvalue weighted by atomic mass is 32.2. The molecule has 2 aliphatic carbocycles. The van der Waals surface area contributed by atoms with E-state index in [9.17, 15) is 13.2 Å². The van der Waals surface area contributed by atoms with Crippen LogP contribution in [0.4, 0.5) is 5.69 Å². The molecule has 172 valence electrons. The number of benzene rings is 1. The minimum absolute atomic E-state index is 0.120. The van der Waals surface area contributed by atoms with Crippen molar-refractivity contribution < 1.29 is 13.2 Å². The van der Waals surface area contributed by atoms with E-state index in [1.165, 1.54) is 32.8 Å². The van der Waals surface area contributed by atoms with Crippen molar-refractivity contribution in [2.45, 2.75) is 63.8 Å². The van der Waals surface area contributed by atoms with E-state index in [1.807, 2.05) is 0 Å². The number of rotatable bonds is 6. The van der Waals surface area contributed by atoms with Crippen LogP contribution in [0.3, 0.4) is 0 Å². The zero-order valence-electron chi connectivity index (χ0n) is 18.6. The van der Waals surface area contributed by atoms with Gasteiger partial charge in [-0.25, -0.2) is 9.03 Å². The topological polar surface area (TPSA) is 96.3 Å². The van der Waals surface area contributed by atoms with Crippen molar-refractivity contribution in [3.8, 4) is 0 Å². The number of carbonyl (C=O) groups excluding carboxylic acids is 1. The molecular formula is C23H31N5O3S. The smallest absolute Gasteiger partial charge is 0.315 e. The van der Waals surface area contributed by atoms with Crippen LogP contribution in [0.1, 0.15) is 53.5 Å². The molecule has 1 aliphatic heterocycles. The van der Waals surface area contributed by atoms with Crippen molar-refractivity contribution in [3.05, 3.63) is 46.3 Å². The minimum atomic E-state index is -4.07. The predicted octanol–water partition coefficient (Wildman–Crippen LogP) is 1.56. The number of nitrogens with zero attached hydrogens (tertiary/aromatic N) is 3. The normalized spacial score (nSPS) is 20.1. The summed E-state index contributed by atoms with van der Waals surface area (Å²) in [6, 6.07) is 2.06. The molecule has 2 heterocycles. The molecule has 9 heteroatoms. The van der Waals surface area contributed by atoms with E-state index in [4.69, 9.17) is 0 Å². The number of amides is 1. The summed E-state index contributed by atoms with van der Waals surface area (Å²) in [5, 5.41) is 7.42. The molecule has 0 radical (unpaired) electrons. The number of hydrogen-bond acceptors (Lipinski definition) is 5. The van der Waals surface area contributed by atoms with Gasteiger partial charge in [0.25, 0.3) is 0 Å². The third-order valence-corrected chi connectivity index (χ3v) is 8.50.